The Bertz CT molecular complexity index is 989. The van der Waals surface area contributed by atoms with Gasteiger partial charge in [-0.3, -0.25) is 4.79 Å². The molecule has 1 aliphatic rings. The second kappa shape index (κ2) is 8.39. The quantitative estimate of drug-likeness (QED) is 0.715. The lowest BCUT2D eigenvalue weighted by molar-refractivity contribution is -0.120. The van der Waals surface area contributed by atoms with Crippen LogP contribution in [0.2, 0.25) is 0 Å². The molecule has 0 unspecified atom stereocenters. The SMILES string of the molecule is Cc1ccc(-c2ccc(N3CCC[C@@H](C(=O)Nc4cccc(F)c4)C3)nn2)cc1. The minimum atomic E-state index is -0.364. The van der Waals surface area contributed by atoms with E-state index in [0.717, 1.165) is 36.5 Å². The van der Waals surface area contributed by atoms with Gasteiger partial charge in [0.15, 0.2) is 5.82 Å². The molecule has 0 radical (unpaired) electrons. The number of halogens is 1. The molecule has 4 rings (SSSR count). The topological polar surface area (TPSA) is 58.1 Å². The number of nitrogens with zero attached hydrogens (tertiary/aromatic N) is 3. The fourth-order valence-electron chi connectivity index (χ4n) is 3.58. The van der Waals surface area contributed by atoms with Crippen LogP contribution in [-0.2, 0) is 4.79 Å². The van der Waals surface area contributed by atoms with Crippen molar-refractivity contribution in [1.82, 2.24) is 10.2 Å². The summed E-state index contributed by atoms with van der Waals surface area (Å²) in [6, 6.07) is 18.1. The molecule has 5 nitrogen and oxygen atoms in total. The van der Waals surface area contributed by atoms with Crippen LogP contribution in [0.1, 0.15) is 18.4 Å². The van der Waals surface area contributed by atoms with Crippen molar-refractivity contribution in [2.45, 2.75) is 19.8 Å². The summed E-state index contributed by atoms with van der Waals surface area (Å²) in [5.41, 5.74) is 3.54. The van der Waals surface area contributed by atoms with Crippen LogP contribution in [-0.4, -0.2) is 29.2 Å². The van der Waals surface area contributed by atoms with Gasteiger partial charge in [0.25, 0.3) is 0 Å². The van der Waals surface area contributed by atoms with Crippen LogP contribution < -0.4 is 10.2 Å². The molecule has 1 aliphatic heterocycles. The van der Waals surface area contributed by atoms with Crippen molar-refractivity contribution in [3.8, 4) is 11.3 Å². The maximum Gasteiger partial charge on any atom is 0.229 e. The van der Waals surface area contributed by atoms with E-state index in [-0.39, 0.29) is 17.6 Å². The minimum Gasteiger partial charge on any atom is -0.354 e. The molecule has 1 saturated heterocycles. The first-order chi connectivity index (χ1) is 14.1. The van der Waals surface area contributed by atoms with Crippen LogP contribution in [0.15, 0.2) is 60.7 Å². The average molecular weight is 390 g/mol. The van der Waals surface area contributed by atoms with Crippen molar-refractivity contribution in [3.05, 3.63) is 72.0 Å². The molecule has 29 heavy (non-hydrogen) atoms. The first-order valence-corrected chi connectivity index (χ1v) is 9.80. The number of aromatic nitrogens is 2. The first kappa shape index (κ1) is 19.1. The Kier molecular flexibility index (Phi) is 5.51. The number of carbonyl (C=O) groups excluding carboxylic acids is 1. The van der Waals surface area contributed by atoms with Gasteiger partial charge in [-0.1, -0.05) is 35.9 Å². The van der Waals surface area contributed by atoms with Gasteiger partial charge in [-0.15, -0.1) is 10.2 Å². The number of rotatable bonds is 4. The molecule has 3 aromatic rings. The summed E-state index contributed by atoms with van der Waals surface area (Å²) < 4.78 is 13.3. The lowest BCUT2D eigenvalue weighted by atomic mass is 9.97. The Morgan fingerprint density at radius 1 is 1.10 bits per heavy atom. The van der Waals surface area contributed by atoms with E-state index in [0.29, 0.717) is 12.2 Å². The molecule has 6 heteroatoms. The Hall–Kier alpha value is -3.28. The molecule has 1 aromatic heterocycles. The van der Waals surface area contributed by atoms with Gasteiger partial charge in [-0.05, 0) is 50.1 Å². The third-order valence-electron chi connectivity index (χ3n) is 5.21. The molecule has 2 heterocycles. The molecular weight excluding hydrogens is 367 g/mol. The van der Waals surface area contributed by atoms with Gasteiger partial charge in [-0.25, -0.2) is 4.39 Å². The van der Waals surface area contributed by atoms with Gasteiger partial charge in [0.05, 0.1) is 11.6 Å². The van der Waals surface area contributed by atoms with Crippen LogP contribution in [0, 0.1) is 18.7 Å². The zero-order valence-corrected chi connectivity index (χ0v) is 16.3. The maximum atomic E-state index is 13.3. The highest BCUT2D eigenvalue weighted by Crippen LogP contribution is 2.24. The zero-order chi connectivity index (χ0) is 20.2. The average Bonchev–Trinajstić information content (AvgIpc) is 2.74. The van der Waals surface area contributed by atoms with Crippen LogP contribution in [0.4, 0.5) is 15.9 Å². The predicted molar refractivity (Wildman–Crippen MR) is 112 cm³/mol. The van der Waals surface area contributed by atoms with E-state index in [9.17, 15) is 9.18 Å². The summed E-state index contributed by atoms with van der Waals surface area (Å²) >= 11 is 0. The van der Waals surface area contributed by atoms with Crippen LogP contribution in [0.25, 0.3) is 11.3 Å². The van der Waals surface area contributed by atoms with Crippen molar-refractivity contribution >= 4 is 17.4 Å². The molecule has 2 aromatic carbocycles. The van der Waals surface area contributed by atoms with Crippen LogP contribution >= 0.6 is 0 Å². The molecule has 1 amide bonds. The Morgan fingerprint density at radius 3 is 2.66 bits per heavy atom. The number of anilines is 2. The Labute approximate surface area is 169 Å². The van der Waals surface area contributed by atoms with Gasteiger partial charge >= 0.3 is 0 Å². The highest BCUT2D eigenvalue weighted by Gasteiger charge is 2.27. The van der Waals surface area contributed by atoms with Crippen molar-refractivity contribution in [1.29, 1.82) is 0 Å². The fraction of sp³-hybridized carbons (Fsp3) is 0.261. The van der Waals surface area contributed by atoms with Gasteiger partial charge in [0.1, 0.15) is 5.82 Å². The van der Waals surface area contributed by atoms with Crippen molar-refractivity contribution in [3.63, 3.8) is 0 Å². The lowest BCUT2D eigenvalue weighted by Gasteiger charge is -2.32. The maximum absolute atomic E-state index is 13.3. The highest BCUT2D eigenvalue weighted by molar-refractivity contribution is 5.93. The molecule has 1 atom stereocenters. The molecule has 1 N–H and O–H groups in total. The fourth-order valence-corrected chi connectivity index (χ4v) is 3.58. The number of amides is 1. The largest absolute Gasteiger partial charge is 0.354 e. The summed E-state index contributed by atoms with van der Waals surface area (Å²) in [6.07, 6.45) is 1.69. The third-order valence-corrected chi connectivity index (χ3v) is 5.21. The number of benzene rings is 2. The summed E-state index contributed by atoms with van der Waals surface area (Å²) in [6.45, 7) is 3.46. The molecule has 0 bridgehead atoms. The predicted octanol–water partition coefficient (Wildman–Crippen LogP) is 4.45. The number of hydrogen-bond donors (Lipinski definition) is 1. The van der Waals surface area contributed by atoms with Gasteiger partial charge in [-0.2, -0.15) is 0 Å². The van der Waals surface area contributed by atoms with E-state index in [1.165, 1.54) is 17.7 Å². The number of hydrogen-bond acceptors (Lipinski definition) is 4. The van der Waals surface area contributed by atoms with E-state index in [1.54, 1.807) is 12.1 Å². The molecule has 0 spiro atoms. The van der Waals surface area contributed by atoms with E-state index < -0.39 is 0 Å². The van der Waals surface area contributed by atoms with Crippen LogP contribution in [0.5, 0.6) is 0 Å². The smallest absolute Gasteiger partial charge is 0.229 e. The highest BCUT2D eigenvalue weighted by atomic mass is 19.1. The van der Waals surface area contributed by atoms with Gasteiger partial charge in [0, 0.05) is 24.3 Å². The van der Waals surface area contributed by atoms with Gasteiger partial charge in [0.2, 0.25) is 5.91 Å². The monoisotopic (exact) mass is 390 g/mol. The first-order valence-electron chi connectivity index (χ1n) is 9.80. The number of piperidine rings is 1. The number of aryl methyl sites for hydroxylation is 1. The van der Waals surface area contributed by atoms with Crippen molar-refractivity contribution < 1.29 is 9.18 Å². The minimum absolute atomic E-state index is 0.0930. The summed E-state index contributed by atoms with van der Waals surface area (Å²) in [4.78, 5) is 14.7. The lowest BCUT2D eigenvalue weighted by Crippen LogP contribution is -2.41. The van der Waals surface area contributed by atoms with Gasteiger partial charge < -0.3 is 10.2 Å². The molecular formula is C23H23FN4O. The summed E-state index contributed by atoms with van der Waals surface area (Å²) in [7, 11) is 0. The number of nitrogens with one attached hydrogen (secondary N) is 1. The standard InChI is InChI=1S/C23H23FN4O/c1-16-7-9-17(10-8-16)21-11-12-22(27-26-21)28-13-3-4-18(15-28)23(29)25-20-6-2-5-19(24)14-20/h2,5-12,14,18H,3-4,13,15H2,1H3,(H,25,29)/t18-/m1/s1. The van der Waals surface area contributed by atoms with Crippen molar-refractivity contribution in [2.75, 3.05) is 23.3 Å². The second-order valence-corrected chi connectivity index (χ2v) is 7.43. The van der Waals surface area contributed by atoms with Crippen molar-refractivity contribution in [2.24, 2.45) is 5.92 Å². The second-order valence-electron chi connectivity index (χ2n) is 7.43. The molecule has 0 saturated carbocycles. The molecule has 1 fully saturated rings. The van der Waals surface area contributed by atoms with E-state index in [4.69, 9.17) is 0 Å². The summed E-state index contributed by atoms with van der Waals surface area (Å²) in [5, 5.41) is 11.6. The Balaban J connectivity index is 1.42. The van der Waals surface area contributed by atoms with E-state index >= 15 is 0 Å². The van der Waals surface area contributed by atoms with E-state index in [2.05, 4.69) is 39.5 Å². The number of carbonyl (C=O) groups is 1. The molecule has 148 valence electrons. The zero-order valence-electron chi connectivity index (χ0n) is 16.3. The normalized spacial score (nSPS) is 16.5. The van der Waals surface area contributed by atoms with Crippen LogP contribution in [0.3, 0.4) is 0 Å². The molecule has 0 aliphatic carbocycles. The van der Waals surface area contributed by atoms with E-state index in [1.807, 2.05) is 24.3 Å². The summed E-state index contributed by atoms with van der Waals surface area (Å²) in [5.74, 6) is 0.135. The Morgan fingerprint density at radius 2 is 1.93 bits per heavy atom. The third kappa shape index (κ3) is 4.59.